The molecular formula is C15H16N2O2S2. The van der Waals surface area contributed by atoms with Crippen molar-refractivity contribution < 1.29 is 9.53 Å². The normalized spacial score (nSPS) is 21.6. The van der Waals surface area contributed by atoms with Crippen molar-refractivity contribution in [3.8, 4) is 0 Å². The second kappa shape index (κ2) is 5.25. The number of thiophene rings is 1. The Balaban J connectivity index is 1.82. The number of esters is 1. The molecule has 0 unspecified atom stereocenters. The highest BCUT2D eigenvalue weighted by Crippen LogP contribution is 2.41. The molecule has 4 rings (SSSR count). The first-order chi connectivity index (χ1) is 10.2. The fourth-order valence-electron chi connectivity index (χ4n) is 3.03. The minimum atomic E-state index is -0.110. The molecule has 0 amide bonds. The monoisotopic (exact) mass is 320 g/mol. The zero-order chi connectivity index (χ0) is 14.4. The number of nitrogens with zero attached hydrogens (tertiary/aromatic N) is 2. The maximum Gasteiger partial charge on any atom is 0.319 e. The molecule has 1 fully saturated rings. The summed E-state index contributed by atoms with van der Waals surface area (Å²) in [6.07, 6.45) is 5.56. The largest absolute Gasteiger partial charge is 0.465 e. The molecule has 2 aliphatic rings. The Morgan fingerprint density at radius 3 is 2.95 bits per heavy atom. The third-order valence-electron chi connectivity index (χ3n) is 4.03. The number of thioether (sulfide) groups is 1. The minimum absolute atomic E-state index is 0.103. The van der Waals surface area contributed by atoms with Crippen LogP contribution in [-0.2, 0) is 22.4 Å². The van der Waals surface area contributed by atoms with Gasteiger partial charge in [-0.05, 0) is 38.2 Å². The van der Waals surface area contributed by atoms with Gasteiger partial charge in [0.1, 0.15) is 20.9 Å². The predicted molar refractivity (Wildman–Crippen MR) is 84.0 cm³/mol. The summed E-state index contributed by atoms with van der Waals surface area (Å²) < 4.78 is 5.07. The van der Waals surface area contributed by atoms with E-state index in [1.54, 1.807) is 23.1 Å². The maximum atomic E-state index is 11.7. The highest BCUT2D eigenvalue weighted by molar-refractivity contribution is 8.00. The molecule has 2 aromatic heterocycles. The molecule has 1 aliphatic heterocycles. The van der Waals surface area contributed by atoms with E-state index in [-0.39, 0.29) is 11.2 Å². The van der Waals surface area contributed by atoms with Crippen LogP contribution in [0.2, 0.25) is 0 Å². The van der Waals surface area contributed by atoms with Gasteiger partial charge in [-0.2, -0.15) is 0 Å². The maximum absolute atomic E-state index is 11.7. The zero-order valence-corrected chi connectivity index (χ0v) is 13.5. The highest BCUT2D eigenvalue weighted by atomic mass is 32.2. The van der Waals surface area contributed by atoms with Crippen molar-refractivity contribution in [2.24, 2.45) is 0 Å². The molecule has 4 nitrogen and oxygen atoms in total. The van der Waals surface area contributed by atoms with Crippen molar-refractivity contribution in [1.29, 1.82) is 0 Å². The number of cyclic esters (lactones) is 1. The first-order valence-electron chi connectivity index (χ1n) is 7.34. The Bertz CT molecular complexity index is 726. The van der Waals surface area contributed by atoms with Crippen LogP contribution in [0.25, 0.3) is 10.2 Å². The van der Waals surface area contributed by atoms with E-state index < -0.39 is 0 Å². The van der Waals surface area contributed by atoms with Crippen molar-refractivity contribution in [3.05, 3.63) is 16.3 Å². The van der Waals surface area contributed by atoms with Gasteiger partial charge < -0.3 is 4.74 Å². The smallest absolute Gasteiger partial charge is 0.319 e. The van der Waals surface area contributed by atoms with Gasteiger partial charge in [-0.1, -0.05) is 11.8 Å². The van der Waals surface area contributed by atoms with E-state index in [0.717, 1.165) is 34.9 Å². The molecule has 21 heavy (non-hydrogen) atoms. The van der Waals surface area contributed by atoms with Crippen LogP contribution in [0, 0.1) is 6.92 Å². The zero-order valence-electron chi connectivity index (χ0n) is 11.8. The molecule has 1 saturated heterocycles. The number of aromatic nitrogens is 2. The van der Waals surface area contributed by atoms with Crippen LogP contribution in [-0.4, -0.2) is 27.8 Å². The van der Waals surface area contributed by atoms with Gasteiger partial charge in [-0.15, -0.1) is 11.3 Å². The van der Waals surface area contributed by atoms with Gasteiger partial charge in [-0.25, -0.2) is 9.97 Å². The number of rotatable bonds is 2. The molecule has 3 heterocycles. The minimum Gasteiger partial charge on any atom is -0.465 e. The summed E-state index contributed by atoms with van der Waals surface area (Å²) in [6.45, 7) is 2.46. The quantitative estimate of drug-likeness (QED) is 0.628. The lowest BCUT2D eigenvalue weighted by atomic mass is 9.97. The number of carbonyl (C=O) groups is 1. The van der Waals surface area contributed by atoms with E-state index in [2.05, 4.69) is 9.97 Å². The third kappa shape index (κ3) is 2.34. The van der Waals surface area contributed by atoms with Gasteiger partial charge >= 0.3 is 5.97 Å². The molecule has 6 heteroatoms. The Kier molecular flexibility index (Phi) is 3.38. The van der Waals surface area contributed by atoms with Crippen LogP contribution in [0.5, 0.6) is 0 Å². The first-order valence-corrected chi connectivity index (χ1v) is 9.04. The number of carbonyl (C=O) groups excluding carboxylic acids is 1. The molecule has 1 aliphatic carbocycles. The lowest BCUT2D eigenvalue weighted by molar-refractivity contribution is -0.137. The molecule has 110 valence electrons. The molecular weight excluding hydrogens is 304 g/mol. The highest BCUT2D eigenvalue weighted by Gasteiger charge is 2.30. The Labute approximate surface area is 131 Å². The summed E-state index contributed by atoms with van der Waals surface area (Å²) in [4.78, 5) is 23.5. The Hall–Kier alpha value is -1.14. The second-order valence-corrected chi connectivity index (χ2v) is 7.80. The first kappa shape index (κ1) is 13.5. The summed E-state index contributed by atoms with van der Waals surface area (Å²) in [5.41, 5.74) is 1.43. The van der Waals surface area contributed by atoms with E-state index in [1.165, 1.54) is 28.7 Å². The Morgan fingerprint density at radius 2 is 2.14 bits per heavy atom. The standard InChI is InChI=1S/C15H16N2O2S2/c1-8-16-13-12(9-4-2-3-5-10(9)20-13)14(17-8)21-11-6-7-19-15(11)18/h11H,2-7H2,1H3/t11-/m1/s1. The van der Waals surface area contributed by atoms with E-state index >= 15 is 0 Å². The summed E-state index contributed by atoms with van der Waals surface area (Å²) in [7, 11) is 0. The lowest BCUT2D eigenvalue weighted by Crippen LogP contribution is -2.10. The van der Waals surface area contributed by atoms with Crippen molar-refractivity contribution >= 4 is 39.3 Å². The summed E-state index contributed by atoms with van der Waals surface area (Å²) >= 11 is 3.37. The summed E-state index contributed by atoms with van der Waals surface area (Å²) in [6, 6.07) is 0. The molecule has 0 aromatic carbocycles. The number of fused-ring (bicyclic) bond motifs is 3. The van der Waals surface area contributed by atoms with E-state index in [1.807, 2.05) is 6.92 Å². The molecule has 0 N–H and O–H groups in total. The molecule has 0 bridgehead atoms. The fourth-order valence-corrected chi connectivity index (χ4v) is 5.57. The molecule has 0 saturated carbocycles. The third-order valence-corrected chi connectivity index (χ3v) is 6.45. The van der Waals surface area contributed by atoms with E-state index in [0.29, 0.717) is 6.61 Å². The molecule has 0 radical (unpaired) electrons. The van der Waals surface area contributed by atoms with E-state index in [4.69, 9.17) is 4.74 Å². The SMILES string of the molecule is Cc1nc(S[C@@H]2CCOC2=O)c2c3c(sc2n1)CCCC3. The number of ether oxygens (including phenoxy) is 1. The summed E-state index contributed by atoms with van der Waals surface area (Å²) in [5, 5.41) is 2.06. The van der Waals surface area contributed by atoms with Crippen LogP contribution >= 0.6 is 23.1 Å². The van der Waals surface area contributed by atoms with Gasteiger partial charge in [0.15, 0.2) is 0 Å². The van der Waals surface area contributed by atoms with Crippen molar-refractivity contribution in [2.75, 3.05) is 6.61 Å². The fraction of sp³-hybridized carbons (Fsp3) is 0.533. The second-order valence-electron chi connectivity index (χ2n) is 5.53. The van der Waals surface area contributed by atoms with Gasteiger partial charge in [0.2, 0.25) is 0 Å². The van der Waals surface area contributed by atoms with E-state index in [9.17, 15) is 4.79 Å². The van der Waals surface area contributed by atoms with Crippen LogP contribution in [0.4, 0.5) is 0 Å². The van der Waals surface area contributed by atoms with Gasteiger partial charge in [0.05, 0.1) is 6.61 Å². The summed E-state index contributed by atoms with van der Waals surface area (Å²) in [5.74, 6) is 0.684. The van der Waals surface area contributed by atoms with Crippen LogP contribution in [0.1, 0.15) is 35.5 Å². The number of aryl methyl sites for hydroxylation is 3. The Morgan fingerprint density at radius 1 is 1.29 bits per heavy atom. The molecule has 2 aromatic rings. The predicted octanol–water partition coefficient (Wildman–Crippen LogP) is 3.29. The van der Waals surface area contributed by atoms with Gasteiger partial charge in [0.25, 0.3) is 0 Å². The van der Waals surface area contributed by atoms with Crippen molar-refractivity contribution in [1.82, 2.24) is 9.97 Å². The van der Waals surface area contributed by atoms with Gasteiger partial charge in [-0.3, -0.25) is 4.79 Å². The van der Waals surface area contributed by atoms with Crippen molar-refractivity contribution in [2.45, 2.75) is 49.3 Å². The number of hydrogen-bond donors (Lipinski definition) is 0. The van der Waals surface area contributed by atoms with Gasteiger partial charge in [0, 0.05) is 16.7 Å². The lowest BCUT2D eigenvalue weighted by Gasteiger charge is -2.12. The van der Waals surface area contributed by atoms with Crippen LogP contribution in [0.15, 0.2) is 5.03 Å². The molecule has 1 atom stereocenters. The average molecular weight is 320 g/mol. The number of hydrogen-bond acceptors (Lipinski definition) is 6. The molecule has 0 spiro atoms. The van der Waals surface area contributed by atoms with Crippen LogP contribution < -0.4 is 0 Å². The van der Waals surface area contributed by atoms with Crippen molar-refractivity contribution in [3.63, 3.8) is 0 Å². The van der Waals surface area contributed by atoms with Crippen LogP contribution in [0.3, 0.4) is 0 Å². The average Bonchev–Trinajstić information content (AvgIpc) is 3.02. The topological polar surface area (TPSA) is 52.1 Å².